The molecule has 4 heteroatoms. The fourth-order valence-corrected chi connectivity index (χ4v) is 1.64. The molecule has 0 spiro atoms. The molecule has 0 aliphatic rings. The predicted octanol–water partition coefficient (Wildman–Crippen LogP) is 2.36. The van der Waals surface area contributed by atoms with Crippen LogP contribution in [0.5, 0.6) is 0 Å². The van der Waals surface area contributed by atoms with Crippen LogP contribution in [0.4, 0.5) is 0 Å². The van der Waals surface area contributed by atoms with Gasteiger partial charge in [0.15, 0.2) is 0 Å². The molecular formula is C14H21NO3. The second-order valence-electron chi connectivity index (χ2n) is 4.26. The highest BCUT2D eigenvalue weighted by molar-refractivity contribution is 5.69. The first-order chi connectivity index (χ1) is 8.74. The predicted molar refractivity (Wildman–Crippen MR) is 70.4 cm³/mol. The van der Waals surface area contributed by atoms with Gasteiger partial charge in [-0.05, 0) is 12.5 Å². The molecule has 0 amide bonds. The number of aryl methyl sites for hydroxylation is 1. The molecule has 1 aromatic rings. The minimum Gasteiger partial charge on any atom is -0.466 e. The van der Waals surface area contributed by atoms with Crippen molar-refractivity contribution in [2.45, 2.75) is 45.6 Å². The number of aromatic nitrogens is 1. The van der Waals surface area contributed by atoms with Crippen molar-refractivity contribution in [3.63, 3.8) is 0 Å². The van der Waals surface area contributed by atoms with E-state index in [1.54, 1.807) is 18.3 Å². The Hall–Kier alpha value is -1.58. The normalized spacial score (nSPS) is 10.3. The Labute approximate surface area is 108 Å². The van der Waals surface area contributed by atoms with Crippen LogP contribution in [0.2, 0.25) is 0 Å². The van der Waals surface area contributed by atoms with Crippen molar-refractivity contribution in [3.8, 4) is 0 Å². The molecule has 0 unspecified atom stereocenters. The lowest BCUT2D eigenvalue weighted by Gasteiger charge is -2.06. The third kappa shape index (κ3) is 5.66. The lowest BCUT2D eigenvalue weighted by Crippen LogP contribution is -2.20. The molecule has 0 saturated carbocycles. The SMILES string of the molecule is CCCCCCOC(=O)CCn1ccccc1=O. The number of carbonyl (C=O) groups excluding carboxylic acids is 1. The maximum absolute atomic E-state index is 11.4. The van der Waals surface area contributed by atoms with Crippen LogP contribution in [-0.2, 0) is 16.1 Å². The number of rotatable bonds is 8. The number of hydrogen-bond acceptors (Lipinski definition) is 3. The molecule has 0 atom stereocenters. The molecule has 18 heavy (non-hydrogen) atoms. The summed E-state index contributed by atoms with van der Waals surface area (Å²) in [6.07, 6.45) is 6.29. The molecule has 4 nitrogen and oxygen atoms in total. The van der Waals surface area contributed by atoms with E-state index in [0.29, 0.717) is 13.2 Å². The fraction of sp³-hybridized carbons (Fsp3) is 0.571. The van der Waals surface area contributed by atoms with E-state index in [9.17, 15) is 9.59 Å². The van der Waals surface area contributed by atoms with Crippen LogP contribution in [-0.4, -0.2) is 17.1 Å². The summed E-state index contributed by atoms with van der Waals surface area (Å²) in [5.41, 5.74) is -0.0896. The quantitative estimate of drug-likeness (QED) is 0.526. The highest BCUT2D eigenvalue weighted by Crippen LogP contribution is 2.00. The van der Waals surface area contributed by atoms with E-state index >= 15 is 0 Å². The number of carbonyl (C=O) groups is 1. The number of nitrogens with zero attached hydrogens (tertiary/aromatic N) is 1. The monoisotopic (exact) mass is 251 g/mol. The van der Waals surface area contributed by atoms with E-state index in [-0.39, 0.29) is 17.9 Å². The average Bonchev–Trinajstić information content (AvgIpc) is 2.37. The summed E-state index contributed by atoms with van der Waals surface area (Å²) in [5, 5.41) is 0. The van der Waals surface area contributed by atoms with Gasteiger partial charge in [-0.25, -0.2) is 0 Å². The Kier molecular flexibility index (Phi) is 6.84. The van der Waals surface area contributed by atoms with E-state index < -0.39 is 0 Å². The number of unbranched alkanes of at least 4 members (excludes halogenated alkanes) is 3. The summed E-state index contributed by atoms with van der Waals surface area (Å²) in [7, 11) is 0. The van der Waals surface area contributed by atoms with E-state index in [1.165, 1.54) is 23.5 Å². The third-order valence-electron chi connectivity index (χ3n) is 2.72. The van der Waals surface area contributed by atoms with Gasteiger partial charge < -0.3 is 9.30 Å². The van der Waals surface area contributed by atoms with E-state index in [1.807, 2.05) is 0 Å². The third-order valence-corrected chi connectivity index (χ3v) is 2.72. The molecule has 0 aromatic carbocycles. The zero-order chi connectivity index (χ0) is 13.2. The van der Waals surface area contributed by atoms with Gasteiger partial charge in [0.1, 0.15) is 0 Å². The van der Waals surface area contributed by atoms with Crippen molar-refractivity contribution in [2.75, 3.05) is 6.61 Å². The van der Waals surface area contributed by atoms with Crippen LogP contribution in [0, 0.1) is 0 Å². The van der Waals surface area contributed by atoms with Gasteiger partial charge in [0.05, 0.1) is 13.0 Å². The molecule has 0 aliphatic carbocycles. The highest BCUT2D eigenvalue weighted by Gasteiger charge is 2.03. The van der Waals surface area contributed by atoms with Gasteiger partial charge in [-0.1, -0.05) is 32.3 Å². The Balaban J connectivity index is 2.17. The van der Waals surface area contributed by atoms with Crippen LogP contribution in [0.25, 0.3) is 0 Å². The molecule has 0 N–H and O–H groups in total. The fourth-order valence-electron chi connectivity index (χ4n) is 1.64. The van der Waals surface area contributed by atoms with Crippen molar-refractivity contribution < 1.29 is 9.53 Å². The van der Waals surface area contributed by atoms with Gasteiger partial charge in [0.25, 0.3) is 5.56 Å². The maximum atomic E-state index is 11.4. The van der Waals surface area contributed by atoms with Crippen molar-refractivity contribution in [1.82, 2.24) is 4.57 Å². The number of hydrogen-bond donors (Lipinski definition) is 0. The van der Waals surface area contributed by atoms with Crippen LogP contribution in [0.1, 0.15) is 39.0 Å². The first kappa shape index (κ1) is 14.5. The highest BCUT2D eigenvalue weighted by atomic mass is 16.5. The van der Waals surface area contributed by atoms with E-state index in [0.717, 1.165) is 12.8 Å². The van der Waals surface area contributed by atoms with Crippen LogP contribution < -0.4 is 5.56 Å². The largest absolute Gasteiger partial charge is 0.466 e. The van der Waals surface area contributed by atoms with E-state index in [4.69, 9.17) is 4.74 Å². The van der Waals surface area contributed by atoms with Crippen LogP contribution in [0.15, 0.2) is 29.2 Å². The number of pyridine rings is 1. The second kappa shape index (κ2) is 8.50. The molecular weight excluding hydrogens is 230 g/mol. The average molecular weight is 251 g/mol. The van der Waals surface area contributed by atoms with Gasteiger partial charge in [-0.15, -0.1) is 0 Å². The van der Waals surface area contributed by atoms with Gasteiger partial charge in [0, 0.05) is 18.8 Å². The van der Waals surface area contributed by atoms with Crippen LogP contribution in [0.3, 0.4) is 0 Å². The summed E-state index contributed by atoms with van der Waals surface area (Å²) >= 11 is 0. The van der Waals surface area contributed by atoms with Gasteiger partial charge in [-0.2, -0.15) is 0 Å². The first-order valence-electron chi connectivity index (χ1n) is 6.55. The number of esters is 1. The van der Waals surface area contributed by atoms with E-state index in [2.05, 4.69) is 6.92 Å². The molecule has 0 aliphatic heterocycles. The second-order valence-corrected chi connectivity index (χ2v) is 4.26. The molecule has 0 fully saturated rings. The van der Waals surface area contributed by atoms with Crippen molar-refractivity contribution in [2.24, 2.45) is 0 Å². The molecule has 1 aromatic heterocycles. The Morgan fingerprint density at radius 3 is 2.83 bits per heavy atom. The summed E-state index contributed by atoms with van der Waals surface area (Å²) in [4.78, 5) is 22.8. The zero-order valence-electron chi connectivity index (χ0n) is 10.9. The van der Waals surface area contributed by atoms with Crippen molar-refractivity contribution >= 4 is 5.97 Å². The number of ether oxygens (including phenoxy) is 1. The summed E-state index contributed by atoms with van der Waals surface area (Å²) in [6, 6.07) is 4.94. The minimum atomic E-state index is -0.234. The first-order valence-corrected chi connectivity index (χ1v) is 6.55. The standard InChI is InChI=1S/C14H21NO3/c1-2-3-4-7-12-18-14(17)9-11-15-10-6-5-8-13(15)16/h5-6,8,10H,2-4,7,9,11-12H2,1H3. The molecule has 100 valence electrons. The molecule has 0 saturated heterocycles. The molecule has 1 heterocycles. The summed E-state index contributed by atoms with van der Waals surface area (Å²) < 4.78 is 6.61. The lowest BCUT2D eigenvalue weighted by atomic mass is 10.2. The Morgan fingerprint density at radius 2 is 2.11 bits per heavy atom. The maximum Gasteiger partial charge on any atom is 0.307 e. The lowest BCUT2D eigenvalue weighted by molar-refractivity contribution is -0.144. The topological polar surface area (TPSA) is 48.3 Å². The van der Waals surface area contributed by atoms with Gasteiger partial charge in [-0.3, -0.25) is 9.59 Å². The molecule has 0 radical (unpaired) electrons. The Morgan fingerprint density at radius 1 is 1.28 bits per heavy atom. The summed E-state index contributed by atoms with van der Waals surface area (Å²) in [5.74, 6) is -0.234. The molecule has 1 rings (SSSR count). The van der Waals surface area contributed by atoms with Gasteiger partial charge >= 0.3 is 5.97 Å². The Bertz CT molecular complexity index is 412. The van der Waals surface area contributed by atoms with Crippen molar-refractivity contribution in [1.29, 1.82) is 0 Å². The zero-order valence-corrected chi connectivity index (χ0v) is 10.9. The minimum absolute atomic E-state index is 0.0896. The van der Waals surface area contributed by atoms with Crippen molar-refractivity contribution in [3.05, 3.63) is 34.7 Å². The van der Waals surface area contributed by atoms with Gasteiger partial charge in [0.2, 0.25) is 0 Å². The van der Waals surface area contributed by atoms with Crippen LogP contribution >= 0.6 is 0 Å². The molecule has 0 bridgehead atoms. The smallest absolute Gasteiger partial charge is 0.307 e. The summed E-state index contributed by atoms with van der Waals surface area (Å²) in [6.45, 7) is 3.01.